The van der Waals surface area contributed by atoms with Crippen LogP contribution in [0.25, 0.3) is 0 Å². The minimum atomic E-state index is -3.19. The molecule has 0 aromatic rings. The summed E-state index contributed by atoms with van der Waals surface area (Å²) >= 11 is 0. The Morgan fingerprint density at radius 1 is 0.391 bits per heavy atom. The monoisotopic (exact) mass is 788 g/mol. The van der Waals surface area contributed by atoms with Gasteiger partial charge in [0.2, 0.25) is 0 Å². The Morgan fingerprint density at radius 2 is 0.565 bits per heavy atom. The van der Waals surface area contributed by atoms with Gasteiger partial charge in [-0.25, -0.2) is 9.59 Å². The van der Waals surface area contributed by atoms with Gasteiger partial charge in [-0.05, 0) is 144 Å². The molecule has 0 rings (SSSR count). The smallest absolute Gasteiger partial charge is 0.469 e. The summed E-state index contributed by atoms with van der Waals surface area (Å²) in [5.41, 5.74) is -0.167. The molecule has 0 aliphatic rings. The molecule has 0 amide bonds. The summed E-state index contributed by atoms with van der Waals surface area (Å²) in [6.45, 7) is 37.9. The Hall–Kier alpha value is 0.175. The fourth-order valence-corrected chi connectivity index (χ4v) is 34.3. The van der Waals surface area contributed by atoms with Crippen molar-refractivity contribution in [3.05, 3.63) is 11.1 Å². The standard InChI is InChI=1S/C28H68O10Si8/c1-39(2,3)33-45(34-40(4,5)6,35-41(7,8)9)23-19-21-25(27(29)30)26(28(31)32)22-20-24-46(36-42(10,11)12,37-43(13,14)15)38-44(16,17)18/h19-24H2,1-18H3,(H,29,30)(H,31,32)/b26-25+. The summed E-state index contributed by atoms with van der Waals surface area (Å²) in [7, 11) is -19.0. The van der Waals surface area contributed by atoms with Gasteiger partial charge in [0.1, 0.15) is 0 Å². The third-order valence-electron chi connectivity index (χ3n) is 5.47. The minimum Gasteiger partial charge on any atom is -0.478 e. The number of rotatable bonds is 22. The number of carboxylic acid groups (broad SMARTS) is 2. The average Bonchev–Trinajstić information content (AvgIpc) is 2.66. The predicted octanol–water partition coefficient (Wildman–Crippen LogP) is 9.00. The molecule has 2 N–H and O–H groups in total. The molecule has 0 radical (unpaired) electrons. The Kier molecular flexibility index (Phi) is 17.0. The number of aliphatic carboxylic acids is 2. The normalized spacial score (nSPS) is 15.2. The molecule has 0 saturated heterocycles. The molecule has 10 nitrogen and oxygen atoms in total. The highest BCUT2D eigenvalue weighted by atomic mass is 28.5. The van der Waals surface area contributed by atoms with Crippen molar-refractivity contribution in [1.29, 1.82) is 0 Å². The zero-order chi connectivity index (χ0) is 36.8. The zero-order valence-corrected chi connectivity index (χ0v) is 40.4. The Balaban J connectivity index is 6.52. The van der Waals surface area contributed by atoms with Crippen molar-refractivity contribution in [2.24, 2.45) is 0 Å². The van der Waals surface area contributed by atoms with E-state index in [2.05, 4.69) is 118 Å². The van der Waals surface area contributed by atoms with Gasteiger partial charge in [0.05, 0.1) is 0 Å². The summed E-state index contributed by atoms with van der Waals surface area (Å²) in [4.78, 5) is 25.2. The summed E-state index contributed by atoms with van der Waals surface area (Å²) < 4.78 is 40.5. The van der Waals surface area contributed by atoms with Crippen molar-refractivity contribution in [3.8, 4) is 0 Å². The number of hydrogen-bond donors (Lipinski definition) is 2. The molecule has 0 aliphatic carbocycles. The van der Waals surface area contributed by atoms with E-state index in [-0.39, 0.29) is 24.0 Å². The van der Waals surface area contributed by atoms with Gasteiger partial charge in [-0.1, -0.05) is 0 Å². The first-order valence-electron chi connectivity index (χ1n) is 16.5. The second kappa shape index (κ2) is 16.9. The first kappa shape index (κ1) is 46.2. The van der Waals surface area contributed by atoms with Crippen LogP contribution >= 0.6 is 0 Å². The lowest BCUT2D eigenvalue weighted by Crippen LogP contribution is -2.60. The second-order valence-electron chi connectivity index (χ2n) is 17.9. The lowest BCUT2D eigenvalue weighted by molar-refractivity contribution is -0.136. The van der Waals surface area contributed by atoms with Gasteiger partial charge in [-0.3, -0.25) is 0 Å². The molecule has 0 aromatic carbocycles. The van der Waals surface area contributed by atoms with E-state index in [1.807, 2.05) is 0 Å². The van der Waals surface area contributed by atoms with Crippen LogP contribution in [0.15, 0.2) is 11.1 Å². The topological polar surface area (TPSA) is 130 Å². The van der Waals surface area contributed by atoms with Gasteiger partial charge in [-0.2, -0.15) is 0 Å². The van der Waals surface area contributed by atoms with E-state index in [0.717, 1.165) is 0 Å². The van der Waals surface area contributed by atoms with Crippen molar-refractivity contribution in [1.82, 2.24) is 0 Å². The van der Waals surface area contributed by atoms with Crippen LogP contribution in [0, 0.1) is 0 Å². The van der Waals surface area contributed by atoms with E-state index < -0.39 is 79.5 Å². The van der Waals surface area contributed by atoms with Gasteiger partial charge in [0.25, 0.3) is 0 Å². The zero-order valence-electron chi connectivity index (χ0n) is 32.4. The van der Waals surface area contributed by atoms with E-state index >= 15 is 0 Å². The van der Waals surface area contributed by atoms with Gasteiger partial charge in [0.15, 0.2) is 49.9 Å². The summed E-state index contributed by atoms with van der Waals surface area (Å²) in [6, 6.07) is 0.868. The molecule has 0 aromatic heterocycles. The first-order valence-corrected chi connectivity index (χ1v) is 40.8. The van der Waals surface area contributed by atoms with E-state index in [1.54, 1.807) is 0 Å². The summed E-state index contributed by atoms with van der Waals surface area (Å²) in [5, 5.41) is 20.5. The van der Waals surface area contributed by atoms with Crippen molar-refractivity contribution in [3.63, 3.8) is 0 Å². The maximum atomic E-state index is 12.6. The van der Waals surface area contributed by atoms with Crippen LogP contribution < -0.4 is 0 Å². The third-order valence-corrected chi connectivity index (χ3v) is 29.6. The van der Waals surface area contributed by atoms with Gasteiger partial charge in [0, 0.05) is 23.2 Å². The third kappa shape index (κ3) is 21.3. The molecule has 0 fully saturated rings. The Bertz CT molecular complexity index is 880. The van der Waals surface area contributed by atoms with Crippen LogP contribution in [-0.2, 0) is 34.3 Å². The fraction of sp³-hybridized carbons (Fsp3) is 0.857. The predicted molar refractivity (Wildman–Crippen MR) is 208 cm³/mol. The molecule has 0 aliphatic heterocycles. The maximum absolute atomic E-state index is 12.6. The molecule has 0 saturated carbocycles. The van der Waals surface area contributed by atoms with Crippen molar-refractivity contribution >= 4 is 79.5 Å². The van der Waals surface area contributed by atoms with Crippen LogP contribution in [0.3, 0.4) is 0 Å². The first-order chi connectivity index (χ1) is 20.1. The van der Waals surface area contributed by atoms with Crippen LogP contribution in [-0.4, -0.2) is 89.7 Å². The van der Waals surface area contributed by atoms with Gasteiger partial charge >= 0.3 is 29.5 Å². The molecular formula is C28H68O10Si8. The van der Waals surface area contributed by atoms with Crippen LogP contribution in [0.2, 0.25) is 130 Å². The number of hydrogen-bond acceptors (Lipinski definition) is 8. The molecule has 0 unspecified atom stereocenters. The van der Waals surface area contributed by atoms with Gasteiger partial charge in [-0.15, -0.1) is 0 Å². The summed E-state index contributed by atoms with van der Waals surface area (Å²) in [5.74, 6) is -2.43. The molecule has 46 heavy (non-hydrogen) atoms. The lowest BCUT2D eigenvalue weighted by Gasteiger charge is -2.43. The quantitative estimate of drug-likeness (QED) is 0.0810. The number of carbonyl (C=O) groups is 2. The highest BCUT2D eigenvalue weighted by molar-refractivity contribution is 6.91. The molecule has 0 bridgehead atoms. The highest BCUT2D eigenvalue weighted by Gasteiger charge is 2.51. The van der Waals surface area contributed by atoms with E-state index in [9.17, 15) is 19.8 Å². The molecule has 0 atom stereocenters. The van der Waals surface area contributed by atoms with Crippen molar-refractivity contribution in [2.75, 3.05) is 0 Å². The van der Waals surface area contributed by atoms with Crippen LogP contribution in [0.5, 0.6) is 0 Å². The Morgan fingerprint density at radius 3 is 0.696 bits per heavy atom. The SMILES string of the molecule is C[Si](C)(C)O[Si](CCC/C(C(=O)O)=C(/CCC[Si](O[Si](C)(C)C)(O[Si](C)(C)C)O[Si](C)(C)C)C(=O)O)(O[Si](C)(C)C)O[Si](C)(C)C. The minimum absolute atomic E-state index is 0.0790. The van der Waals surface area contributed by atoms with Crippen molar-refractivity contribution < 1.29 is 44.5 Å². The second-order valence-corrected chi connectivity index (χ2v) is 51.9. The van der Waals surface area contributed by atoms with E-state index in [1.165, 1.54) is 0 Å². The fourth-order valence-electron chi connectivity index (χ4n) is 4.97. The molecule has 0 heterocycles. The molecule has 272 valence electrons. The maximum Gasteiger partial charge on any atom is 0.469 e. The van der Waals surface area contributed by atoms with Gasteiger partial charge < -0.3 is 34.9 Å². The molecular weight excluding hydrogens is 721 g/mol. The van der Waals surface area contributed by atoms with Crippen LogP contribution in [0.1, 0.15) is 25.7 Å². The summed E-state index contributed by atoms with van der Waals surface area (Å²) in [6.07, 6.45) is 0.934. The Labute approximate surface area is 289 Å². The average molecular weight is 790 g/mol. The highest BCUT2D eigenvalue weighted by Crippen LogP contribution is 2.34. The molecule has 0 spiro atoms. The number of carboxylic acids is 2. The van der Waals surface area contributed by atoms with Crippen LogP contribution in [0.4, 0.5) is 0 Å². The van der Waals surface area contributed by atoms with Crippen molar-refractivity contribution in [2.45, 2.75) is 156 Å². The molecule has 18 heteroatoms. The van der Waals surface area contributed by atoms with E-state index in [4.69, 9.17) is 24.7 Å². The lowest BCUT2D eigenvalue weighted by atomic mass is 10.00. The largest absolute Gasteiger partial charge is 0.478 e. The van der Waals surface area contributed by atoms with E-state index in [0.29, 0.717) is 24.9 Å².